The first-order valence-electron chi connectivity index (χ1n) is 13.7. The molecule has 2 atom stereocenters. The first-order valence-corrected chi connectivity index (χ1v) is 13.7. The number of pyridine rings is 1. The van der Waals surface area contributed by atoms with Crippen LogP contribution in [-0.2, 0) is 32.0 Å². The molecule has 0 unspecified atom stereocenters. The second kappa shape index (κ2) is 11.8. The summed E-state index contributed by atoms with van der Waals surface area (Å²) in [5, 5.41) is 8.69. The Morgan fingerprint density at radius 3 is 2.49 bits per heavy atom. The van der Waals surface area contributed by atoms with Crippen LogP contribution in [0.1, 0.15) is 59.6 Å². The van der Waals surface area contributed by atoms with Gasteiger partial charge in [0.2, 0.25) is 5.43 Å². The van der Waals surface area contributed by atoms with Crippen LogP contribution >= 0.6 is 0 Å². The highest BCUT2D eigenvalue weighted by Gasteiger charge is 2.47. The minimum absolute atomic E-state index is 0.0559. The Balaban J connectivity index is 1.74. The maximum atomic E-state index is 13.8. The Labute approximate surface area is 228 Å². The number of azo groups is 1. The molecule has 1 aromatic rings. The highest BCUT2D eigenvalue weighted by molar-refractivity contribution is 5.75. The molecule has 3 aliphatic rings. The van der Waals surface area contributed by atoms with Crippen molar-refractivity contribution in [1.82, 2.24) is 9.47 Å². The molecule has 1 aromatic heterocycles. The maximum absolute atomic E-state index is 13.8. The number of nitrogens with two attached hydrogens (primary N) is 1. The van der Waals surface area contributed by atoms with E-state index in [2.05, 4.69) is 15.1 Å². The molecule has 2 N–H and O–H groups in total. The first kappa shape index (κ1) is 28.6. The van der Waals surface area contributed by atoms with Crippen molar-refractivity contribution >= 4 is 29.3 Å². The summed E-state index contributed by atoms with van der Waals surface area (Å²) in [6, 6.07) is -0.128. The van der Waals surface area contributed by atoms with Crippen LogP contribution in [0.5, 0.6) is 0 Å². The van der Waals surface area contributed by atoms with Crippen LogP contribution in [-0.4, -0.2) is 72.1 Å². The van der Waals surface area contributed by atoms with Crippen molar-refractivity contribution in [2.24, 2.45) is 10.2 Å². The van der Waals surface area contributed by atoms with E-state index >= 15 is 0 Å². The van der Waals surface area contributed by atoms with Crippen LogP contribution < -0.4 is 16.1 Å². The molecule has 12 heteroatoms. The van der Waals surface area contributed by atoms with Gasteiger partial charge in [-0.2, -0.15) is 5.11 Å². The number of amides is 1. The van der Waals surface area contributed by atoms with E-state index in [4.69, 9.17) is 19.9 Å². The Hall–Kier alpha value is -3.41. The molecule has 1 saturated heterocycles. The predicted octanol–water partition coefficient (Wildman–Crippen LogP) is 3.53. The number of carbonyl (C=O) groups is 2. The molecule has 3 heterocycles. The zero-order valence-corrected chi connectivity index (χ0v) is 23.6. The zero-order valence-electron chi connectivity index (χ0n) is 23.6. The van der Waals surface area contributed by atoms with Crippen LogP contribution in [0.15, 0.2) is 26.8 Å². The third kappa shape index (κ3) is 6.10. The first-order chi connectivity index (χ1) is 18.6. The summed E-state index contributed by atoms with van der Waals surface area (Å²) in [6.45, 7) is 11.1. The molecule has 4 rings (SSSR count). The number of carbonyl (C=O) groups excluding carboxylic acids is 2. The number of nitrogen functional groups attached to an aromatic ring is 1. The monoisotopic (exact) mass is 544 g/mol. The topological polar surface area (TPSA) is 141 Å². The highest BCUT2D eigenvalue weighted by Crippen LogP contribution is 2.39. The van der Waals surface area contributed by atoms with Gasteiger partial charge in [0.05, 0.1) is 31.6 Å². The van der Waals surface area contributed by atoms with Crippen molar-refractivity contribution in [2.75, 3.05) is 43.5 Å². The Kier molecular flexibility index (Phi) is 8.63. The Bertz CT molecular complexity index is 1220. The van der Waals surface area contributed by atoms with Gasteiger partial charge in [0.1, 0.15) is 23.5 Å². The van der Waals surface area contributed by atoms with Crippen molar-refractivity contribution in [3.05, 3.63) is 27.7 Å². The molecule has 0 radical (unpaired) electrons. The van der Waals surface area contributed by atoms with Gasteiger partial charge in [0, 0.05) is 31.2 Å². The van der Waals surface area contributed by atoms with E-state index in [0.717, 1.165) is 18.5 Å². The van der Waals surface area contributed by atoms with E-state index in [1.807, 2.05) is 33.8 Å². The molecule has 12 nitrogen and oxygen atoms in total. The lowest BCUT2D eigenvalue weighted by molar-refractivity contribution is -0.143. The molecule has 39 heavy (non-hydrogen) atoms. The van der Waals surface area contributed by atoms with Gasteiger partial charge >= 0.3 is 12.1 Å². The van der Waals surface area contributed by atoms with Gasteiger partial charge in [0.25, 0.3) is 0 Å². The summed E-state index contributed by atoms with van der Waals surface area (Å²) >= 11 is 0. The quantitative estimate of drug-likeness (QED) is 0.406. The average Bonchev–Trinajstić information content (AvgIpc) is 2.85. The summed E-state index contributed by atoms with van der Waals surface area (Å²) in [5.74, 6) is -0.321. The van der Waals surface area contributed by atoms with Crippen LogP contribution in [0, 0.1) is 0 Å². The molecule has 1 aliphatic carbocycles. The number of rotatable bonds is 7. The number of nitrogens with zero attached hydrogens (tertiary/aromatic N) is 5. The minimum atomic E-state index is -0.594. The molecule has 0 bridgehead atoms. The second-order valence-electron chi connectivity index (χ2n) is 10.9. The van der Waals surface area contributed by atoms with Crippen LogP contribution in [0.3, 0.4) is 0 Å². The van der Waals surface area contributed by atoms with Gasteiger partial charge in [0.15, 0.2) is 5.82 Å². The number of esters is 1. The summed E-state index contributed by atoms with van der Waals surface area (Å²) in [4.78, 5) is 43.2. The number of anilines is 2. The summed E-state index contributed by atoms with van der Waals surface area (Å²) in [5.41, 5.74) is 7.22. The Morgan fingerprint density at radius 1 is 1.15 bits per heavy atom. The lowest BCUT2D eigenvalue weighted by Gasteiger charge is -2.54. The summed E-state index contributed by atoms with van der Waals surface area (Å²) in [6.07, 6.45) is 4.17. The molecule has 0 aromatic carbocycles. The standard InChI is InChI=1S/C27H40N6O6/c1-6-18-23(31-12-13-32(20-9-8-19(20)31)26(36)39-27(3,4)5)24(35)22(28)25(33(18)16-21(34)38-7-2)30-29-17-10-14-37-15-11-17/h10,19-20H,6-9,11-16,28H2,1-5H3/t19-,20-/m0/s1. The van der Waals surface area contributed by atoms with E-state index in [1.165, 1.54) is 0 Å². The van der Waals surface area contributed by atoms with Crippen molar-refractivity contribution in [1.29, 1.82) is 0 Å². The lowest BCUT2D eigenvalue weighted by atomic mass is 9.81. The molecule has 2 fully saturated rings. The molecule has 1 amide bonds. The number of ether oxygens (including phenoxy) is 3. The van der Waals surface area contributed by atoms with E-state index < -0.39 is 11.6 Å². The third-order valence-electron chi connectivity index (χ3n) is 7.20. The number of fused-ring (bicyclic) bond motifs is 1. The van der Waals surface area contributed by atoms with Gasteiger partial charge in [-0.3, -0.25) is 9.59 Å². The maximum Gasteiger partial charge on any atom is 0.410 e. The van der Waals surface area contributed by atoms with Gasteiger partial charge in [-0.15, -0.1) is 5.11 Å². The van der Waals surface area contributed by atoms with E-state index in [1.54, 1.807) is 16.4 Å². The molecule has 1 saturated carbocycles. The average molecular weight is 545 g/mol. The van der Waals surface area contributed by atoms with Crippen LogP contribution in [0.25, 0.3) is 0 Å². The van der Waals surface area contributed by atoms with Crippen LogP contribution in [0.2, 0.25) is 0 Å². The van der Waals surface area contributed by atoms with E-state index in [-0.39, 0.29) is 48.3 Å². The molecule has 2 aliphatic heterocycles. The molecule has 214 valence electrons. The zero-order chi connectivity index (χ0) is 28.3. The normalized spacial score (nSPS) is 21.3. The van der Waals surface area contributed by atoms with Crippen LogP contribution in [0.4, 0.5) is 22.0 Å². The van der Waals surface area contributed by atoms with Gasteiger partial charge in [-0.05, 0) is 53.0 Å². The van der Waals surface area contributed by atoms with Gasteiger partial charge < -0.3 is 34.3 Å². The molecular weight excluding hydrogens is 504 g/mol. The third-order valence-corrected chi connectivity index (χ3v) is 7.20. The van der Waals surface area contributed by atoms with Crippen molar-refractivity contribution in [3.63, 3.8) is 0 Å². The fraction of sp³-hybridized carbons (Fsp3) is 0.667. The fourth-order valence-electron chi connectivity index (χ4n) is 5.31. The fourth-order valence-corrected chi connectivity index (χ4v) is 5.31. The van der Waals surface area contributed by atoms with Crippen molar-refractivity contribution in [3.8, 4) is 0 Å². The highest BCUT2D eigenvalue weighted by atomic mass is 16.6. The van der Waals surface area contributed by atoms with Crippen molar-refractivity contribution < 1.29 is 23.8 Å². The van der Waals surface area contributed by atoms with Crippen molar-refractivity contribution in [2.45, 2.75) is 84.5 Å². The summed E-state index contributed by atoms with van der Waals surface area (Å²) in [7, 11) is 0. The van der Waals surface area contributed by atoms with Gasteiger partial charge in [-0.25, -0.2) is 4.79 Å². The molecular formula is C27H40N6O6. The molecule has 0 spiro atoms. The minimum Gasteiger partial charge on any atom is -0.465 e. The number of aromatic nitrogens is 1. The summed E-state index contributed by atoms with van der Waals surface area (Å²) < 4.78 is 17.8. The van der Waals surface area contributed by atoms with E-state index in [0.29, 0.717) is 50.5 Å². The number of hydrogen-bond acceptors (Lipinski definition) is 10. The SMILES string of the molecule is CCOC(=O)Cn1c(CC)c(N2CCN(C(=O)OC(C)(C)C)[C@H]3CC[C@@H]32)c(=O)c(N)c1N=NC1=CCOCC1. The predicted molar refractivity (Wildman–Crippen MR) is 146 cm³/mol. The Morgan fingerprint density at radius 2 is 1.90 bits per heavy atom. The second-order valence-corrected chi connectivity index (χ2v) is 10.9. The van der Waals surface area contributed by atoms with E-state index in [9.17, 15) is 14.4 Å². The smallest absolute Gasteiger partial charge is 0.410 e. The number of hydrogen-bond donors (Lipinski definition) is 1. The largest absolute Gasteiger partial charge is 0.465 e. The number of piperazine rings is 1. The van der Waals surface area contributed by atoms with Gasteiger partial charge in [-0.1, -0.05) is 6.92 Å². The lowest BCUT2D eigenvalue weighted by Crippen LogP contribution is -2.67.